The number of hydrogen-bond donors (Lipinski definition) is 5. The topological polar surface area (TPSA) is 183 Å². The van der Waals surface area contributed by atoms with Crippen molar-refractivity contribution in [2.24, 2.45) is 23.2 Å². The SMILES string of the molecule is CCC[C@H](NC(=O)[C@@H]1[C@H]2CCC[C@H]2CN1C(=O)[C@@H](NC(=O)[C@@H](NC(=O)c1cnccn1)C1CCCCC1)C(C)(C)C)[C@H](O)C(=O)NC1CC1. The number of rotatable bonds is 13. The third-order valence-electron chi connectivity index (χ3n) is 10.8. The van der Waals surface area contributed by atoms with Gasteiger partial charge in [0.2, 0.25) is 17.7 Å². The molecule has 270 valence electrons. The predicted molar refractivity (Wildman–Crippen MR) is 182 cm³/mol. The number of likely N-dealkylation sites (tertiary alicyclic amines) is 1. The first-order valence-electron chi connectivity index (χ1n) is 18.4. The Labute approximate surface area is 289 Å². The van der Waals surface area contributed by atoms with Crippen molar-refractivity contribution >= 4 is 29.5 Å². The summed E-state index contributed by atoms with van der Waals surface area (Å²) in [5.74, 6) is -2.18. The normalized spacial score (nSPS) is 25.0. The number of fused-ring (bicyclic) bond motifs is 1. The summed E-state index contributed by atoms with van der Waals surface area (Å²) in [7, 11) is 0. The van der Waals surface area contributed by atoms with Crippen LogP contribution in [0.3, 0.4) is 0 Å². The second kappa shape index (κ2) is 15.9. The second-order valence-electron chi connectivity index (χ2n) is 15.7. The van der Waals surface area contributed by atoms with E-state index < -0.39 is 53.4 Å². The van der Waals surface area contributed by atoms with Gasteiger partial charge < -0.3 is 31.3 Å². The molecule has 4 aliphatic rings. The minimum atomic E-state index is -1.40. The quantitative estimate of drug-likeness (QED) is 0.210. The molecule has 0 aromatic carbocycles. The summed E-state index contributed by atoms with van der Waals surface area (Å²) in [6.07, 6.45) is 12.8. The van der Waals surface area contributed by atoms with Crippen molar-refractivity contribution in [1.29, 1.82) is 0 Å². The number of nitrogens with one attached hydrogen (secondary N) is 4. The molecule has 0 spiro atoms. The lowest BCUT2D eigenvalue weighted by Gasteiger charge is -2.38. The van der Waals surface area contributed by atoms with Gasteiger partial charge in [-0.1, -0.05) is 59.8 Å². The molecule has 5 N–H and O–H groups in total. The molecule has 1 aliphatic heterocycles. The molecule has 2 heterocycles. The lowest BCUT2D eigenvalue weighted by molar-refractivity contribution is -0.146. The zero-order valence-electron chi connectivity index (χ0n) is 29.5. The molecule has 3 saturated carbocycles. The number of carbonyl (C=O) groups excluding carboxylic acids is 5. The second-order valence-corrected chi connectivity index (χ2v) is 15.7. The Bertz CT molecular complexity index is 1340. The van der Waals surface area contributed by atoms with E-state index in [1.54, 1.807) is 4.90 Å². The molecule has 13 heteroatoms. The summed E-state index contributed by atoms with van der Waals surface area (Å²) in [6, 6.07) is -3.35. The molecule has 0 unspecified atom stereocenters. The minimum Gasteiger partial charge on any atom is -0.381 e. The van der Waals surface area contributed by atoms with E-state index >= 15 is 0 Å². The fourth-order valence-corrected chi connectivity index (χ4v) is 8.00. The average Bonchev–Trinajstić information content (AvgIpc) is 3.65. The Morgan fingerprint density at radius 2 is 1.65 bits per heavy atom. The van der Waals surface area contributed by atoms with Crippen molar-refractivity contribution in [3.05, 3.63) is 24.3 Å². The van der Waals surface area contributed by atoms with Gasteiger partial charge in [0.05, 0.1) is 12.2 Å². The van der Waals surface area contributed by atoms with Gasteiger partial charge in [-0.25, -0.2) is 4.98 Å². The summed E-state index contributed by atoms with van der Waals surface area (Å²) in [6.45, 7) is 7.95. The monoisotopic (exact) mass is 681 g/mol. The number of hydrogen-bond acceptors (Lipinski definition) is 8. The number of nitrogens with zero attached hydrogens (tertiary/aromatic N) is 3. The van der Waals surface area contributed by atoms with E-state index in [2.05, 4.69) is 31.2 Å². The predicted octanol–water partition coefficient (Wildman–Crippen LogP) is 2.24. The van der Waals surface area contributed by atoms with Crippen molar-refractivity contribution in [3.8, 4) is 0 Å². The van der Waals surface area contributed by atoms with E-state index in [4.69, 9.17) is 0 Å². The van der Waals surface area contributed by atoms with Gasteiger partial charge in [0.15, 0.2) is 6.10 Å². The van der Waals surface area contributed by atoms with Gasteiger partial charge in [-0.2, -0.15) is 0 Å². The Morgan fingerprint density at radius 3 is 2.29 bits per heavy atom. The fraction of sp³-hybridized carbons (Fsp3) is 0.750. The maximum Gasteiger partial charge on any atom is 0.272 e. The molecule has 0 bridgehead atoms. The van der Waals surface area contributed by atoms with Crippen molar-refractivity contribution in [1.82, 2.24) is 36.1 Å². The molecule has 4 fully saturated rings. The van der Waals surface area contributed by atoms with Crippen LogP contribution in [0, 0.1) is 23.2 Å². The Balaban J connectivity index is 1.35. The van der Waals surface area contributed by atoms with Crippen LogP contribution in [0.4, 0.5) is 0 Å². The molecule has 1 aromatic rings. The lowest BCUT2D eigenvalue weighted by Crippen LogP contribution is -2.62. The minimum absolute atomic E-state index is 0.0544. The van der Waals surface area contributed by atoms with Crippen LogP contribution in [-0.4, -0.2) is 92.4 Å². The van der Waals surface area contributed by atoms with E-state index in [-0.39, 0.29) is 41.3 Å². The van der Waals surface area contributed by atoms with Crippen molar-refractivity contribution in [3.63, 3.8) is 0 Å². The van der Waals surface area contributed by atoms with Gasteiger partial charge in [0.25, 0.3) is 11.8 Å². The molecule has 5 amide bonds. The highest BCUT2D eigenvalue weighted by Gasteiger charge is 2.52. The molecule has 49 heavy (non-hydrogen) atoms. The molecular formula is C36H55N7O6. The summed E-state index contributed by atoms with van der Waals surface area (Å²) < 4.78 is 0. The number of aliphatic hydroxyl groups is 1. The van der Waals surface area contributed by atoms with Crippen LogP contribution in [0.1, 0.15) is 115 Å². The van der Waals surface area contributed by atoms with Crippen LogP contribution < -0.4 is 21.3 Å². The van der Waals surface area contributed by atoms with Crippen LogP contribution >= 0.6 is 0 Å². The summed E-state index contributed by atoms with van der Waals surface area (Å²) in [5.41, 5.74) is -0.618. The van der Waals surface area contributed by atoms with Crippen LogP contribution in [0.5, 0.6) is 0 Å². The first kappa shape index (κ1) is 36.7. The number of carbonyl (C=O) groups is 5. The molecule has 3 aliphatic carbocycles. The first-order chi connectivity index (χ1) is 23.4. The third kappa shape index (κ3) is 8.95. The van der Waals surface area contributed by atoms with E-state index in [1.807, 2.05) is 27.7 Å². The molecule has 13 nitrogen and oxygen atoms in total. The van der Waals surface area contributed by atoms with E-state index in [1.165, 1.54) is 18.6 Å². The highest BCUT2D eigenvalue weighted by Crippen LogP contribution is 2.43. The third-order valence-corrected chi connectivity index (χ3v) is 10.8. The molecular weight excluding hydrogens is 626 g/mol. The Kier molecular flexibility index (Phi) is 11.9. The van der Waals surface area contributed by atoms with Gasteiger partial charge in [-0.05, 0) is 68.1 Å². The van der Waals surface area contributed by atoms with Gasteiger partial charge in [-0.15, -0.1) is 0 Å². The van der Waals surface area contributed by atoms with Gasteiger partial charge >= 0.3 is 0 Å². The number of aliphatic hydroxyl groups excluding tert-OH is 1. The van der Waals surface area contributed by atoms with E-state index in [0.717, 1.165) is 64.2 Å². The zero-order chi connectivity index (χ0) is 35.3. The molecule has 1 saturated heterocycles. The van der Waals surface area contributed by atoms with Crippen LogP contribution in [0.25, 0.3) is 0 Å². The zero-order valence-corrected chi connectivity index (χ0v) is 29.5. The molecule has 0 radical (unpaired) electrons. The summed E-state index contributed by atoms with van der Waals surface area (Å²) in [5, 5.41) is 22.6. The highest BCUT2D eigenvalue weighted by molar-refractivity contribution is 5.98. The maximum atomic E-state index is 14.6. The van der Waals surface area contributed by atoms with Crippen LogP contribution in [0.15, 0.2) is 18.6 Å². The van der Waals surface area contributed by atoms with Crippen molar-refractivity contribution < 1.29 is 29.1 Å². The van der Waals surface area contributed by atoms with E-state index in [9.17, 15) is 29.1 Å². The highest BCUT2D eigenvalue weighted by atomic mass is 16.3. The Hall–Kier alpha value is -3.61. The summed E-state index contributed by atoms with van der Waals surface area (Å²) >= 11 is 0. The molecule has 5 rings (SSSR count). The number of aromatic nitrogens is 2. The molecule has 1 aromatic heterocycles. The maximum absolute atomic E-state index is 14.6. The van der Waals surface area contributed by atoms with E-state index in [0.29, 0.717) is 19.4 Å². The van der Waals surface area contributed by atoms with Crippen LogP contribution in [-0.2, 0) is 19.2 Å². The van der Waals surface area contributed by atoms with Crippen LogP contribution in [0.2, 0.25) is 0 Å². The Morgan fingerprint density at radius 1 is 0.918 bits per heavy atom. The standard InChI is InChI=1S/C36H55N7O6/c1-5-10-25(29(44)34(48)39-23-15-16-23)40-33(47)28-24-14-9-13-22(24)20-43(28)35(49)30(36(2,3)4)42-32(46)27(21-11-7-6-8-12-21)41-31(45)26-19-37-17-18-38-26/h17-19,21-25,27-30,44H,5-16,20H2,1-4H3,(H,39,48)(H,40,47)(H,41,45)(H,42,46)/t22-,24-,25-,27-,28-,29-,30+/m0/s1. The summed E-state index contributed by atoms with van der Waals surface area (Å²) in [4.78, 5) is 78.5. The van der Waals surface area contributed by atoms with Gasteiger partial charge in [0.1, 0.15) is 23.8 Å². The fourth-order valence-electron chi connectivity index (χ4n) is 8.00. The van der Waals surface area contributed by atoms with Gasteiger partial charge in [0, 0.05) is 25.0 Å². The largest absolute Gasteiger partial charge is 0.381 e. The smallest absolute Gasteiger partial charge is 0.272 e. The van der Waals surface area contributed by atoms with Crippen molar-refractivity contribution in [2.75, 3.05) is 6.54 Å². The lowest BCUT2D eigenvalue weighted by atomic mass is 9.82. The average molecular weight is 682 g/mol. The molecule has 7 atom stereocenters. The van der Waals surface area contributed by atoms with Crippen molar-refractivity contribution in [2.45, 2.75) is 141 Å². The first-order valence-corrected chi connectivity index (χ1v) is 18.4. The van der Waals surface area contributed by atoms with Gasteiger partial charge in [-0.3, -0.25) is 29.0 Å². The number of amides is 5.